The average molecular weight is 413 g/mol. The zero-order valence-electron chi connectivity index (χ0n) is 12.8. The molecule has 0 radical (unpaired) electrons. The van der Waals surface area contributed by atoms with E-state index in [0.29, 0.717) is 11.0 Å². The molecule has 4 N–H and O–H groups in total. The largest absolute Gasteiger partial charge is 0.398 e. The maximum Gasteiger partial charge on any atom is 0.296 e. The predicted molar refractivity (Wildman–Crippen MR) is 98.2 cm³/mol. The molecule has 1 heterocycles. The van der Waals surface area contributed by atoms with Gasteiger partial charge >= 0.3 is 0 Å². The fraction of sp³-hybridized carbons (Fsp3) is 0. The van der Waals surface area contributed by atoms with Crippen molar-refractivity contribution in [3.63, 3.8) is 0 Å². The number of carbonyl (C=O) groups is 1. The number of halogens is 2. The van der Waals surface area contributed by atoms with E-state index >= 15 is 0 Å². The van der Waals surface area contributed by atoms with Crippen LogP contribution in [0, 0.1) is 0 Å². The highest BCUT2D eigenvalue weighted by Crippen LogP contribution is 2.24. The second-order valence-corrected chi connectivity index (χ2v) is 7.30. The number of hydrogen-bond donors (Lipinski definition) is 3. The molecule has 26 heavy (non-hydrogen) atoms. The Bertz CT molecular complexity index is 1150. The van der Waals surface area contributed by atoms with Gasteiger partial charge in [0.25, 0.3) is 16.0 Å². The first-order valence-corrected chi connectivity index (χ1v) is 9.16. The van der Waals surface area contributed by atoms with Crippen molar-refractivity contribution in [2.45, 2.75) is 4.90 Å². The Morgan fingerprint density at radius 1 is 1.04 bits per heavy atom. The summed E-state index contributed by atoms with van der Waals surface area (Å²) in [7, 11) is -4.44. The second-order valence-electron chi connectivity index (χ2n) is 5.19. The summed E-state index contributed by atoms with van der Waals surface area (Å²) in [6.07, 6.45) is 0. The third-order valence-electron chi connectivity index (χ3n) is 3.39. The topological polar surface area (TPSA) is 135 Å². The summed E-state index contributed by atoms with van der Waals surface area (Å²) < 4.78 is 31.3. The molecule has 11 heteroatoms. The van der Waals surface area contributed by atoms with Gasteiger partial charge in [-0.3, -0.25) is 9.35 Å². The number of nitrogens with two attached hydrogens (primary N) is 1. The Morgan fingerprint density at radius 2 is 1.69 bits per heavy atom. The molecule has 3 rings (SSSR count). The quantitative estimate of drug-likeness (QED) is 0.444. The van der Waals surface area contributed by atoms with Crippen LogP contribution < -0.4 is 11.1 Å². The number of hydrogen-bond acceptors (Lipinski definition) is 6. The lowest BCUT2D eigenvalue weighted by molar-refractivity contribution is 0.102. The molecule has 1 amide bonds. The maximum absolute atomic E-state index is 12.4. The van der Waals surface area contributed by atoms with Crippen LogP contribution in [0.3, 0.4) is 0 Å². The third kappa shape index (κ3) is 3.70. The molecule has 0 aliphatic heterocycles. The van der Waals surface area contributed by atoms with E-state index in [1.807, 2.05) is 0 Å². The van der Waals surface area contributed by atoms with Gasteiger partial charge < -0.3 is 11.1 Å². The summed E-state index contributed by atoms with van der Waals surface area (Å²) in [6, 6.07) is 8.18. The van der Waals surface area contributed by atoms with Crippen molar-refractivity contribution >= 4 is 61.6 Å². The lowest BCUT2D eigenvalue weighted by atomic mass is 10.1. The van der Waals surface area contributed by atoms with Crippen molar-refractivity contribution in [1.29, 1.82) is 0 Å². The van der Waals surface area contributed by atoms with E-state index in [0.717, 1.165) is 6.07 Å². The van der Waals surface area contributed by atoms with E-state index in [1.165, 1.54) is 24.3 Å². The molecule has 0 unspecified atom stereocenters. The molecule has 0 bridgehead atoms. The second kappa shape index (κ2) is 6.69. The summed E-state index contributed by atoms with van der Waals surface area (Å²) in [4.78, 5) is 20.0. The lowest BCUT2D eigenvalue weighted by Gasteiger charge is -2.09. The molecular weight excluding hydrogens is 403 g/mol. The first-order chi connectivity index (χ1) is 12.1. The fourth-order valence-corrected chi connectivity index (χ4v) is 3.08. The number of nitrogens with one attached hydrogen (secondary N) is 1. The number of aromatic nitrogens is 2. The van der Waals surface area contributed by atoms with Gasteiger partial charge in [-0.25, -0.2) is 9.97 Å². The summed E-state index contributed by atoms with van der Waals surface area (Å²) in [5, 5.41) is 2.65. The zero-order chi connectivity index (χ0) is 19.1. The molecule has 3 aromatic rings. The van der Waals surface area contributed by atoms with Crippen molar-refractivity contribution < 1.29 is 17.8 Å². The molecule has 1 aromatic heterocycles. The summed E-state index contributed by atoms with van der Waals surface area (Å²) in [5.41, 5.74) is 6.76. The Labute approximate surface area is 157 Å². The minimum Gasteiger partial charge on any atom is -0.398 e. The molecule has 0 spiro atoms. The maximum atomic E-state index is 12.4. The van der Waals surface area contributed by atoms with Crippen molar-refractivity contribution in [3.05, 3.63) is 52.3 Å². The fourth-order valence-electron chi connectivity index (χ4n) is 2.22. The van der Waals surface area contributed by atoms with Crippen molar-refractivity contribution in [1.82, 2.24) is 9.97 Å². The van der Waals surface area contributed by atoms with Gasteiger partial charge in [0.1, 0.15) is 4.90 Å². The van der Waals surface area contributed by atoms with Crippen LogP contribution in [0.25, 0.3) is 11.0 Å². The highest BCUT2D eigenvalue weighted by Gasteiger charge is 2.15. The van der Waals surface area contributed by atoms with Gasteiger partial charge in [0.15, 0.2) is 10.3 Å². The third-order valence-corrected chi connectivity index (χ3v) is 4.94. The van der Waals surface area contributed by atoms with E-state index in [2.05, 4.69) is 15.3 Å². The minimum absolute atomic E-state index is 0.0188. The Morgan fingerprint density at radius 3 is 2.31 bits per heavy atom. The Hall–Kier alpha value is -2.46. The molecule has 0 fully saturated rings. The number of carbonyl (C=O) groups excluding carboxylic acids is 1. The molecule has 0 aliphatic rings. The Kier molecular flexibility index (Phi) is 4.72. The Balaban J connectivity index is 1.89. The van der Waals surface area contributed by atoms with Gasteiger partial charge in [-0.05, 0) is 36.4 Å². The molecule has 0 aliphatic carbocycles. The van der Waals surface area contributed by atoms with E-state index < -0.39 is 20.9 Å². The normalized spacial score (nSPS) is 11.5. The van der Waals surface area contributed by atoms with E-state index in [-0.39, 0.29) is 27.2 Å². The van der Waals surface area contributed by atoms with Crippen molar-refractivity contribution in [3.8, 4) is 0 Å². The van der Waals surface area contributed by atoms with Crippen molar-refractivity contribution in [2.75, 3.05) is 11.1 Å². The number of rotatable bonds is 3. The predicted octanol–water partition coefficient (Wildman–Crippen LogP) is 3.02. The van der Waals surface area contributed by atoms with Crippen LogP contribution in [0.15, 0.2) is 41.3 Å². The van der Waals surface area contributed by atoms with Crippen LogP contribution in [0.2, 0.25) is 10.3 Å². The number of nitrogen functional groups attached to an aromatic ring is 1. The van der Waals surface area contributed by atoms with Crippen LogP contribution in [0.1, 0.15) is 10.4 Å². The first-order valence-electron chi connectivity index (χ1n) is 6.96. The summed E-state index contributed by atoms with van der Waals surface area (Å²) >= 11 is 11.6. The van der Waals surface area contributed by atoms with Crippen LogP contribution in [-0.2, 0) is 10.1 Å². The van der Waals surface area contributed by atoms with Gasteiger partial charge in [0.2, 0.25) is 0 Å². The summed E-state index contributed by atoms with van der Waals surface area (Å²) in [5.74, 6) is -0.487. The van der Waals surface area contributed by atoms with Gasteiger partial charge in [-0.15, -0.1) is 0 Å². The number of nitrogens with zero attached hydrogens (tertiary/aromatic N) is 2. The standard InChI is InChI=1S/C15H10Cl2N4O4S/c16-13-14(17)21-11-5-7(1-3-10(11)20-13)15(22)19-8-2-4-12(9(18)6-8)26(23,24)25/h1-6H,18H2,(H,19,22)(H,23,24,25). The van der Waals surface area contributed by atoms with Gasteiger partial charge in [0, 0.05) is 11.3 Å². The van der Waals surface area contributed by atoms with Gasteiger partial charge in [0.05, 0.1) is 16.7 Å². The van der Waals surface area contributed by atoms with Crippen LogP contribution in [-0.4, -0.2) is 28.8 Å². The van der Waals surface area contributed by atoms with Crippen LogP contribution in [0.5, 0.6) is 0 Å². The minimum atomic E-state index is -4.44. The van der Waals surface area contributed by atoms with E-state index in [4.69, 9.17) is 33.5 Å². The monoisotopic (exact) mass is 412 g/mol. The average Bonchev–Trinajstić information content (AvgIpc) is 2.54. The number of anilines is 2. The SMILES string of the molecule is Nc1cc(NC(=O)c2ccc3nc(Cl)c(Cl)nc3c2)ccc1S(=O)(=O)O. The van der Waals surface area contributed by atoms with Crippen LogP contribution in [0.4, 0.5) is 11.4 Å². The number of fused-ring (bicyclic) bond motifs is 1. The summed E-state index contributed by atoms with van der Waals surface area (Å²) in [6.45, 7) is 0. The zero-order valence-corrected chi connectivity index (χ0v) is 15.1. The highest BCUT2D eigenvalue weighted by molar-refractivity contribution is 7.86. The number of benzene rings is 2. The van der Waals surface area contributed by atoms with Crippen molar-refractivity contribution in [2.24, 2.45) is 0 Å². The smallest absolute Gasteiger partial charge is 0.296 e. The van der Waals surface area contributed by atoms with E-state index in [1.54, 1.807) is 6.07 Å². The van der Waals surface area contributed by atoms with Gasteiger partial charge in [-0.1, -0.05) is 23.2 Å². The molecule has 0 atom stereocenters. The molecule has 0 saturated carbocycles. The lowest BCUT2D eigenvalue weighted by Crippen LogP contribution is -2.13. The molecule has 8 nitrogen and oxygen atoms in total. The molecular formula is C15H10Cl2N4O4S. The number of amides is 1. The first kappa shape index (κ1) is 18.3. The molecule has 0 saturated heterocycles. The highest BCUT2D eigenvalue weighted by atomic mass is 35.5. The van der Waals surface area contributed by atoms with Gasteiger partial charge in [-0.2, -0.15) is 8.42 Å². The molecule has 2 aromatic carbocycles. The van der Waals surface area contributed by atoms with E-state index in [9.17, 15) is 13.2 Å². The van der Waals surface area contributed by atoms with Crippen LogP contribution >= 0.6 is 23.2 Å². The molecule has 134 valence electrons.